The zero-order valence-corrected chi connectivity index (χ0v) is 16.1. The van der Waals surface area contributed by atoms with Gasteiger partial charge in [0.1, 0.15) is 11.8 Å². The van der Waals surface area contributed by atoms with Crippen LogP contribution in [0.15, 0.2) is 36.5 Å². The van der Waals surface area contributed by atoms with Crippen molar-refractivity contribution in [2.75, 3.05) is 6.61 Å². The van der Waals surface area contributed by atoms with Crippen LogP contribution in [0.4, 0.5) is 13.2 Å². The van der Waals surface area contributed by atoms with Gasteiger partial charge in [0.2, 0.25) is 0 Å². The van der Waals surface area contributed by atoms with E-state index < -0.39 is 17.9 Å². The van der Waals surface area contributed by atoms with Crippen LogP contribution in [0.1, 0.15) is 37.6 Å². The highest BCUT2D eigenvalue weighted by Gasteiger charge is 2.33. The van der Waals surface area contributed by atoms with E-state index in [4.69, 9.17) is 9.47 Å². The highest BCUT2D eigenvalue weighted by molar-refractivity contribution is 5.86. The molecule has 1 fully saturated rings. The van der Waals surface area contributed by atoms with E-state index in [-0.39, 0.29) is 17.5 Å². The number of nitrogens with zero attached hydrogens (tertiary/aromatic N) is 4. The fraction of sp³-hybridized carbons (Fsp3) is 0.350. The second-order valence-corrected chi connectivity index (χ2v) is 7.16. The standard InChI is InChI=1S/C20H17F3N4O3/c1-19(2)28-9-7-16(30-19)14-6-8-25-18-17(14)15(11-24)26-27(18)12-4-3-5-13(10-12)29-20(21,22)23/h3-6,8,10,16H,7,9H2,1-2H3. The van der Waals surface area contributed by atoms with E-state index in [1.807, 2.05) is 6.07 Å². The fourth-order valence-electron chi connectivity index (χ4n) is 3.47. The van der Waals surface area contributed by atoms with Crippen LogP contribution < -0.4 is 4.74 Å². The highest BCUT2D eigenvalue weighted by atomic mass is 19.4. The van der Waals surface area contributed by atoms with Crippen LogP contribution in [0.5, 0.6) is 5.75 Å². The predicted octanol–water partition coefficient (Wildman–Crippen LogP) is 4.40. The molecule has 0 N–H and O–H groups in total. The van der Waals surface area contributed by atoms with Crippen LogP contribution in [-0.2, 0) is 9.47 Å². The Labute approximate surface area is 169 Å². The minimum atomic E-state index is -4.82. The van der Waals surface area contributed by atoms with Crippen molar-refractivity contribution in [2.45, 2.75) is 38.5 Å². The first kappa shape index (κ1) is 20.1. The number of ether oxygens (including phenoxy) is 3. The molecule has 10 heteroatoms. The SMILES string of the molecule is CC1(C)OCCC(c2ccnc3c2c(C#N)nn3-c2cccc(OC(F)(F)F)c2)O1. The van der Waals surface area contributed by atoms with Crippen LogP contribution in [0.3, 0.4) is 0 Å². The Kier molecular flexibility index (Phi) is 4.88. The zero-order valence-electron chi connectivity index (χ0n) is 16.1. The number of rotatable bonds is 3. The molecule has 3 aromatic rings. The third-order valence-corrected chi connectivity index (χ3v) is 4.60. The van der Waals surface area contributed by atoms with Gasteiger partial charge in [-0.2, -0.15) is 10.4 Å². The Morgan fingerprint density at radius 2 is 2.10 bits per heavy atom. The van der Waals surface area contributed by atoms with Gasteiger partial charge in [-0.05, 0) is 37.6 Å². The van der Waals surface area contributed by atoms with E-state index in [0.29, 0.717) is 24.1 Å². The summed E-state index contributed by atoms with van der Waals surface area (Å²) < 4.78 is 54.7. The highest BCUT2D eigenvalue weighted by Crippen LogP contribution is 2.37. The number of alkyl halides is 3. The van der Waals surface area contributed by atoms with Gasteiger partial charge in [0.25, 0.3) is 0 Å². The predicted molar refractivity (Wildman–Crippen MR) is 98.7 cm³/mol. The van der Waals surface area contributed by atoms with Crippen molar-refractivity contribution in [3.05, 3.63) is 47.8 Å². The van der Waals surface area contributed by atoms with Crippen molar-refractivity contribution in [1.29, 1.82) is 5.26 Å². The summed E-state index contributed by atoms with van der Waals surface area (Å²) in [5.41, 5.74) is 1.44. The monoisotopic (exact) mass is 418 g/mol. The quantitative estimate of drug-likeness (QED) is 0.627. The average molecular weight is 418 g/mol. The second kappa shape index (κ2) is 7.27. The smallest absolute Gasteiger partial charge is 0.406 e. The summed E-state index contributed by atoms with van der Waals surface area (Å²) in [6, 6.07) is 9.13. The topological polar surface area (TPSA) is 82.2 Å². The Morgan fingerprint density at radius 3 is 2.80 bits per heavy atom. The molecule has 1 unspecified atom stereocenters. The molecule has 1 aliphatic rings. The van der Waals surface area contributed by atoms with E-state index in [1.54, 1.807) is 32.2 Å². The van der Waals surface area contributed by atoms with Crippen molar-refractivity contribution >= 4 is 11.0 Å². The van der Waals surface area contributed by atoms with E-state index in [2.05, 4.69) is 14.8 Å². The number of pyridine rings is 1. The first-order valence-corrected chi connectivity index (χ1v) is 9.12. The number of aromatic nitrogens is 3. The summed E-state index contributed by atoms with van der Waals surface area (Å²) >= 11 is 0. The van der Waals surface area contributed by atoms with Crippen LogP contribution >= 0.6 is 0 Å². The van der Waals surface area contributed by atoms with Gasteiger partial charge in [0.15, 0.2) is 17.1 Å². The third-order valence-electron chi connectivity index (χ3n) is 4.60. The van der Waals surface area contributed by atoms with Crippen molar-refractivity contribution in [2.24, 2.45) is 0 Å². The normalized spacial score (nSPS) is 18.9. The Morgan fingerprint density at radius 1 is 1.30 bits per heavy atom. The van der Waals surface area contributed by atoms with E-state index in [9.17, 15) is 18.4 Å². The number of fused-ring (bicyclic) bond motifs is 1. The number of halogens is 3. The molecule has 1 atom stereocenters. The Hall–Kier alpha value is -3.16. The van der Waals surface area contributed by atoms with Crippen molar-refractivity contribution in [3.8, 4) is 17.5 Å². The third kappa shape index (κ3) is 3.94. The number of hydrogen-bond acceptors (Lipinski definition) is 6. The molecule has 1 saturated heterocycles. The van der Waals surface area contributed by atoms with Gasteiger partial charge in [-0.1, -0.05) is 6.07 Å². The van der Waals surface area contributed by atoms with Gasteiger partial charge >= 0.3 is 6.36 Å². The van der Waals surface area contributed by atoms with Crippen molar-refractivity contribution < 1.29 is 27.4 Å². The largest absolute Gasteiger partial charge is 0.573 e. The van der Waals surface area contributed by atoms with Gasteiger partial charge in [0.05, 0.1) is 23.8 Å². The minimum absolute atomic E-state index is 0.100. The van der Waals surface area contributed by atoms with Crippen LogP contribution in [-0.4, -0.2) is 33.5 Å². The molecule has 2 aromatic heterocycles. The van der Waals surface area contributed by atoms with E-state index >= 15 is 0 Å². The Bertz CT molecular complexity index is 1130. The van der Waals surface area contributed by atoms with Gasteiger partial charge in [-0.3, -0.25) is 0 Å². The molecule has 3 heterocycles. The number of hydrogen-bond donors (Lipinski definition) is 0. The molecule has 30 heavy (non-hydrogen) atoms. The minimum Gasteiger partial charge on any atom is -0.406 e. The van der Waals surface area contributed by atoms with Crippen molar-refractivity contribution in [3.63, 3.8) is 0 Å². The number of benzene rings is 1. The molecular weight excluding hydrogens is 401 g/mol. The molecule has 156 valence electrons. The van der Waals surface area contributed by atoms with Gasteiger partial charge in [0, 0.05) is 18.7 Å². The first-order chi connectivity index (χ1) is 14.2. The molecule has 0 saturated carbocycles. The second-order valence-electron chi connectivity index (χ2n) is 7.16. The summed E-state index contributed by atoms with van der Waals surface area (Å²) in [7, 11) is 0. The molecule has 0 bridgehead atoms. The molecule has 0 radical (unpaired) electrons. The fourth-order valence-corrected chi connectivity index (χ4v) is 3.47. The lowest BCUT2D eigenvalue weighted by molar-refractivity contribution is -0.275. The molecule has 1 aromatic carbocycles. The Balaban J connectivity index is 1.83. The van der Waals surface area contributed by atoms with Crippen LogP contribution in [0.25, 0.3) is 16.7 Å². The van der Waals surface area contributed by atoms with Crippen LogP contribution in [0, 0.1) is 11.3 Å². The molecule has 0 spiro atoms. The van der Waals surface area contributed by atoms with E-state index in [1.165, 1.54) is 22.9 Å². The first-order valence-electron chi connectivity index (χ1n) is 9.12. The maximum atomic E-state index is 12.6. The van der Waals surface area contributed by atoms with Crippen molar-refractivity contribution in [1.82, 2.24) is 14.8 Å². The summed E-state index contributed by atoms with van der Waals surface area (Å²) in [5.74, 6) is -1.18. The van der Waals surface area contributed by atoms with Gasteiger partial charge in [-0.25, -0.2) is 9.67 Å². The maximum Gasteiger partial charge on any atom is 0.573 e. The molecule has 7 nitrogen and oxygen atoms in total. The number of nitriles is 1. The van der Waals surface area contributed by atoms with Gasteiger partial charge in [-0.15, -0.1) is 13.2 Å². The molecule has 1 aliphatic heterocycles. The van der Waals surface area contributed by atoms with Gasteiger partial charge < -0.3 is 14.2 Å². The summed E-state index contributed by atoms with van der Waals surface area (Å²) in [6.45, 7) is 4.09. The summed E-state index contributed by atoms with van der Waals surface area (Å²) in [5, 5.41) is 14.4. The average Bonchev–Trinajstić information content (AvgIpc) is 3.05. The molecule has 0 aliphatic carbocycles. The zero-order chi connectivity index (χ0) is 21.5. The molecular formula is C20H17F3N4O3. The lowest BCUT2D eigenvalue weighted by atomic mass is 10.0. The molecule has 0 amide bonds. The summed E-state index contributed by atoms with van der Waals surface area (Å²) in [6.07, 6.45) is -3.03. The molecule has 4 rings (SSSR count). The van der Waals surface area contributed by atoms with Crippen LogP contribution in [0.2, 0.25) is 0 Å². The lowest BCUT2D eigenvalue weighted by Gasteiger charge is -2.36. The maximum absolute atomic E-state index is 12.6. The van der Waals surface area contributed by atoms with E-state index in [0.717, 1.165) is 5.56 Å². The lowest BCUT2D eigenvalue weighted by Crippen LogP contribution is -2.36. The summed E-state index contributed by atoms with van der Waals surface area (Å²) in [4.78, 5) is 4.32.